The first-order chi connectivity index (χ1) is 15.5. The van der Waals surface area contributed by atoms with E-state index in [0.29, 0.717) is 32.4 Å². The number of thioether (sulfide) groups is 1. The van der Waals surface area contributed by atoms with E-state index < -0.39 is 5.82 Å². The van der Waals surface area contributed by atoms with Crippen LogP contribution in [0, 0.1) is 5.82 Å². The van der Waals surface area contributed by atoms with Crippen LogP contribution in [0.15, 0.2) is 87.7 Å². The molecule has 9 heteroatoms. The molecule has 0 aliphatic carbocycles. The Labute approximate surface area is 190 Å². The van der Waals surface area contributed by atoms with E-state index in [0.717, 1.165) is 0 Å². The number of rotatable bonds is 4. The third-order valence-corrected chi connectivity index (χ3v) is 6.06. The number of nitrogens with zero attached hydrogens (tertiary/aromatic N) is 4. The second kappa shape index (κ2) is 8.22. The number of hydrogen-bond acceptors (Lipinski definition) is 5. The number of halogens is 2. The van der Waals surface area contributed by atoms with Crippen molar-refractivity contribution in [1.29, 1.82) is 0 Å². The Morgan fingerprint density at radius 2 is 1.75 bits per heavy atom. The quantitative estimate of drug-likeness (QED) is 0.290. The number of pyridine rings is 1. The molecule has 0 saturated carbocycles. The molecule has 5 aromatic rings. The van der Waals surface area contributed by atoms with Crippen LogP contribution in [0.25, 0.3) is 22.2 Å². The van der Waals surface area contributed by atoms with Gasteiger partial charge in [0, 0.05) is 18.0 Å². The van der Waals surface area contributed by atoms with E-state index in [2.05, 4.69) is 9.97 Å². The maximum atomic E-state index is 14.6. The monoisotopic (exact) mass is 464 g/mol. The largest absolute Gasteiger partial charge is 0.269 e. The molecule has 2 aromatic carbocycles. The fraction of sp³-hybridized carbons (Fsp3) is 0.0435. The van der Waals surface area contributed by atoms with Crippen LogP contribution in [0.2, 0.25) is 5.02 Å². The van der Waals surface area contributed by atoms with E-state index in [4.69, 9.17) is 11.6 Å². The smallest absolute Gasteiger partial charge is 0.266 e. The third-order valence-electron chi connectivity index (χ3n) is 4.86. The molecule has 3 aromatic heterocycles. The number of benzene rings is 2. The molecule has 0 bridgehead atoms. The minimum absolute atomic E-state index is 0.111. The van der Waals surface area contributed by atoms with Gasteiger partial charge in [-0.1, -0.05) is 47.6 Å². The van der Waals surface area contributed by atoms with Gasteiger partial charge in [-0.15, -0.1) is 0 Å². The molecule has 158 valence electrons. The predicted octanol–water partition coefficient (Wildman–Crippen LogP) is 4.48. The lowest BCUT2D eigenvalue weighted by Crippen LogP contribution is -2.22. The van der Waals surface area contributed by atoms with Crippen LogP contribution in [0.5, 0.6) is 0 Å². The first-order valence-electron chi connectivity index (χ1n) is 9.58. The molecule has 0 atom stereocenters. The van der Waals surface area contributed by atoms with Gasteiger partial charge in [-0.3, -0.25) is 18.6 Å². The highest BCUT2D eigenvalue weighted by Gasteiger charge is 2.16. The average molecular weight is 465 g/mol. The highest BCUT2D eigenvalue weighted by atomic mass is 35.5. The Kier molecular flexibility index (Phi) is 5.24. The summed E-state index contributed by atoms with van der Waals surface area (Å²) >= 11 is 7.16. The SMILES string of the molecule is O=c1c2ccccc2nc(SCc2cc(=O)n3cc(Cl)ccc3n2)n1-c1ccccc1F. The van der Waals surface area contributed by atoms with E-state index in [1.165, 1.54) is 45.1 Å². The summed E-state index contributed by atoms with van der Waals surface area (Å²) in [6, 6.07) is 17.7. The summed E-state index contributed by atoms with van der Waals surface area (Å²) in [5.41, 5.74) is 0.934. The fourth-order valence-corrected chi connectivity index (χ4v) is 4.45. The van der Waals surface area contributed by atoms with Crippen LogP contribution in [0.4, 0.5) is 4.39 Å². The summed E-state index contributed by atoms with van der Waals surface area (Å²) in [7, 11) is 0. The number of para-hydroxylation sites is 2. The minimum atomic E-state index is -0.535. The van der Waals surface area contributed by atoms with Crippen molar-refractivity contribution < 1.29 is 4.39 Å². The minimum Gasteiger partial charge on any atom is -0.269 e. The van der Waals surface area contributed by atoms with Crippen LogP contribution in [-0.2, 0) is 5.75 Å². The van der Waals surface area contributed by atoms with Gasteiger partial charge in [-0.2, -0.15) is 0 Å². The zero-order chi connectivity index (χ0) is 22.2. The first-order valence-corrected chi connectivity index (χ1v) is 10.9. The van der Waals surface area contributed by atoms with Crippen molar-refractivity contribution in [3.8, 4) is 5.69 Å². The fourth-order valence-electron chi connectivity index (χ4n) is 3.39. The molecule has 3 heterocycles. The van der Waals surface area contributed by atoms with Crippen molar-refractivity contribution in [3.63, 3.8) is 0 Å². The summed E-state index contributed by atoms with van der Waals surface area (Å²) < 4.78 is 17.2. The van der Waals surface area contributed by atoms with Gasteiger partial charge >= 0.3 is 0 Å². The van der Waals surface area contributed by atoms with Gasteiger partial charge in [0.1, 0.15) is 11.5 Å². The molecule has 0 N–H and O–H groups in total. The van der Waals surface area contributed by atoms with Gasteiger partial charge in [0.15, 0.2) is 5.16 Å². The Morgan fingerprint density at radius 3 is 2.59 bits per heavy atom. The molecule has 6 nitrogen and oxygen atoms in total. The Balaban J connectivity index is 1.61. The lowest BCUT2D eigenvalue weighted by Gasteiger charge is -2.14. The van der Waals surface area contributed by atoms with Crippen LogP contribution in [0.1, 0.15) is 5.69 Å². The molecule has 0 unspecified atom stereocenters. The second-order valence-corrected chi connectivity index (χ2v) is 8.33. The van der Waals surface area contributed by atoms with E-state index >= 15 is 0 Å². The van der Waals surface area contributed by atoms with Gasteiger partial charge in [-0.25, -0.2) is 14.4 Å². The third kappa shape index (κ3) is 3.68. The Hall–Kier alpha value is -3.49. The van der Waals surface area contributed by atoms with Crippen LogP contribution in [-0.4, -0.2) is 18.9 Å². The Bertz CT molecular complexity index is 1620. The average Bonchev–Trinajstić information content (AvgIpc) is 2.79. The van der Waals surface area contributed by atoms with Gasteiger partial charge in [0.05, 0.1) is 27.3 Å². The molecule has 0 aliphatic rings. The summed E-state index contributed by atoms with van der Waals surface area (Å²) in [6.45, 7) is 0. The van der Waals surface area contributed by atoms with Crippen molar-refractivity contribution in [3.05, 3.63) is 110 Å². The van der Waals surface area contributed by atoms with Crippen molar-refractivity contribution >= 4 is 39.9 Å². The molecular weight excluding hydrogens is 451 g/mol. The normalized spacial score (nSPS) is 11.3. The van der Waals surface area contributed by atoms with E-state index in [1.807, 2.05) is 0 Å². The summed E-state index contributed by atoms with van der Waals surface area (Å²) in [6.07, 6.45) is 1.50. The molecule has 32 heavy (non-hydrogen) atoms. The summed E-state index contributed by atoms with van der Waals surface area (Å²) in [5, 5.41) is 1.12. The topological polar surface area (TPSA) is 69.3 Å². The summed E-state index contributed by atoms with van der Waals surface area (Å²) in [5.74, 6) is -0.277. The van der Waals surface area contributed by atoms with Crippen molar-refractivity contribution in [1.82, 2.24) is 18.9 Å². The molecule has 5 rings (SSSR count). The van der Waals surface area contributed by atoms with Gasteiger partial charge in [-0.05, 0) is 36.4 Å². The lowest BCUT2D eigenvalue weighted by atomic mass is 10.2. The maximum absolute atomic E-state index is 14.6. The molecular formula is C23H14ClFN4O2S. The van der Waals surface area contributed by atoms with Crippen molar-refractivity contribution in [2.75, 3.05) is 0 Å². The predicted molar refractivity (Wildman–Crippen MR) is 123 cm³/mol. The zero-order valence-corrected chi connectivity index (χ0v) is 18.0. The number of hydrogen-bond donors (Lipinski definition) is 0. The highest BCUT2D eigenvalue weighted by Crippen LogP contribution is 2.25. The molecule has 0 radical (unpaired) electrons. The Morgan fingerprint density at radius 1 is 0.969 bits per heavy atom. The highest BCUT2D eigenvalue weighted by molar-refractivity contribution is 7.98. The lowest BCUT2D eigenvalue weighted by molar-refractivity contribution is 0.608. The second-order valence-electron chi connectivity index (χ2n) is 6.95. The van der Waals surface area contributed by atoms with Crippen LogP contribution < -0.4 is 11.1 Å². The first kappa shape index (κ1) is 20.4. The van der Waals surface area contributed by atoms with E-state index in [-0.39, 0.29) is 22.6 Å². The van der Waals surface area contributed by atoms with Gasteiger partial charge < -0.3 is 0 Å². The maximum Gasteiger partial charge on any atom is 0.266 e. The number of fused-ring (bicyclic) bond motifs is 2. The number of aromatic nitrogens is 4. The summed E-state index contributed by atoms with van der Waals surface area (Å²) in [4.78, 5) is 34.8. The van der Waals surface area contributed by atoms with E-state index in [1.54, 1.807) is 48.5 Å². The van der Waals surface area contributed by atoms with Gasteiger partial charge in [0.25, 0.3) is 11.1 Å². The van der Waals surface area contributed by atoms with Crippen LogP contribution >= 0.6 is 23.4 Å². The van der Waals surface area contributed by atoms with Gasteiger partial charge in [0.2, 0.25) is 0 Å². The zero-order valence-electron chi connectivity index (χ0n) is 16.4. The van der Waals surface area contributed by atoms with Crippen molar-refractivity contribution in [2.45, 2.75) is 10.9 Å². The molecule has 0 amide bonds. The molecule has 0 aliphatic heterocycles. The molecule has 0 saturated heterocycles. The molecule has 0 fully saturated rings. The molecule has 0 spiro atoms. The van der Waals surface area contributed by atoms with Crippen LogP contribution in [0.3, 0.4) is 0 Å². The van der Waals surface area contributed by atoms with E-state index in [9.17, 15) is 14.0 Å². The standard InChI is InChI=1S/C23H14ClFN4O2S/c24-14-9-10-20-26-15(11-21(30)28(20)12-14)13-32-23-27-18-7-3-1-5-16(18)22(31)29(23)19-8-4-2-6-17(19)25/h1-12H,13H2. The van der Waals surface area contributed by atoms with Crippen molar-refractivity contribution in [2.24, 2.45) is 0 Å².